The number of likely N-dealkylation sites (N-methyl/N-ethyl adjacent to an activating group) is 1. The fourth-order valence-corrected chi connectivity index (χ4v) is 3.51. The van der Waals surface area contributed by atoms with E-state index >= 15 is 0 Å². The van der Waals surface area contributed by atoms with Gasteiger partial charge < -0.3 is 14.7 Å². The molecule has 0 N–H and O–H groups in total. The van der Waals surface area contributed by atoms with Gasteiger partial charge in [-0.2, -0.15) is 0 Å². The molecule has 2 fully saturated rings. The second kappa shape index (κ2) is 22.5. The van der Waals surface area contributed by atoms with Crippen LogP contribution < -0.4 is 0 Å². The third kappa shape index (κ3) is 16.2. The molecular formula is C25H60N4. The molecule has 0 aromatic carbocycles. The first-order chi connectivity index (χ1) is 13.8. The summed E-state index contributed by atoms with van der Waals surface area (Å²) < 4.78 is 0. The smallest absolute Gasteiger partial charge is 0.0113 e. The summed E-state index contributed by atoms with van der Waals surface area (Å²) in [5.74, 6) is 0. The van der Waals surface area contributed by atoms with Crippen LogP contribution in [0.1, 0.15) is 89.0 Å². The zero-order chi connectivity index (χ0) is 23.4. The molecule has 0 saturated carbocycles. The van der Waals surface area contributed by atoms with Crippen LogP contribution in [-0.4, -0.2) is 97.6 Å². The fourth-order valence-electron chi connectivity index (χ4n) is 3.51. The second-order valence-electron chi connectivity index (χ2n) is 7.89. The molecule has 0 aromatic heterocycles. The van der Waals surface area contributed by atoms with E-state index in [4.69, 9.17) is 0 Å². The van der Waals surface area contributed by atoms with Crippen LogP contribution in [0.2, 0.25) is 0 Å². The Morgan fingerprint density at radius 2 is 1.00 bits per heavy atom. The molecule has 4 heteroatoms. The minimum atomic E-state index is 0.730. The number of nitrogens with zero attached hydrogens (tertiary/aromatic N) is 4. The van der Waals surface area contributed by atoms with Gasteiger partial charge in [-0.25, -0.2) is 0 Å². The van der Waals surface area contributed by atoms with Crippen molar-refractivity contribution in [3.05, 3.63) is 0 Å². The van der Waals surface area contributed by atoms with Gasteiger partial charge >= 0.3 is 0 Å². The number of piperazine rings is 1. The first-order valence-electron chi connectivity index (χ1n) is 12.7. The van der Waals surface area contributed by atoms with Crippen LogP contribution in [0.3, 0.4) is 0 Å². The molecule has 0 atom stereocenters. The van der Waals surface area contributed by atoms with E-state index in [0.29, 0.717) is 0 Å². The lowest BCUT2D eigenvalue weighted by Crippen LogP contribution is -2.48. The Bertz CT molecular complexity index is 273. The van der Waals surface area contributed by atoms with Crippen molar-refractivity contribution in [1.29, 1.82) is 0 Å². The number of likely N-dealkylation sites (tertiary alicyclic amines) is 1. The van der Waals surface area contributed by atoms with E-state index in [0.717, 1.165) is 18.1 Å². The van der Waals surface area contributed by atoms with Crippen LogP contribution in [0.15, 0.2) is 0 Å². The maximum Gasteiger partial charge on any atom is 0.0113 e. The van der Waals surface area contributed by atoms with Crippen molar-refractivity contribution in [2.75, 3.05) is 59.9 Å². The molecule has 0 radical (unpaired) electrons. The molecule has 2 heterocycles. The summed E-state index contributed by atoms with van der Waals surface area (Å²) in [5.41, 5.74) is 0. The molecule has 2 aliphatic heterocycles. The maximum atomic E-state index is 2.57. The molecule has 180 valence electrons. The van der Waals surface area contributed by atoms with Crippen molar-refractivity contribution in [3.63, 3.8) is 0 Å². The van der Waals surface area contributed by atoms with E-state index in [-0.39, 0.29) is 0 Å². The zero-order valence-corrected chi connectivity index (χ0v) is 22.9. The van der Waals surface area contributed by atoms with E-state index in [2.05, 4.69) is 68.3 Å². The molecule has 2 aliphatic rings. The van der Waals surface area contributed by atoms with Crippen LogP contribution in [-0.2, 0) is 0 Å². The Kier molecular flexibility index (Phi) is 26.0. The van der Waals surface area contributed by atoms with Gasteiger partial charge in [0, 0.05) is 44.3 Å². The van der Waals surface area contributed by atoms with Crippen molar-refractivity contribution in [2.24, 2.45) is 0 Å². The highest BCUT2D eigenvalue weighted by molar-refractivity contribution is 4.78. The van der Waals surface area contributed by atoms with E-state index in [1.807, 2.05) is 41.5 Å². The quantitative estimate of drug-likeness (QED) is 0.597. The summed E-state index contributed by atoms with van der Waals surface area (Å²) in [6.07, 6.45) is 2.68. The Labute approximate surface area is 187 Å². The van der Waals surface area contributed by atoms with Gasteiger partial charge in [0.25, 0.3) is 0 Å². The molecule has 0 aromatic rings. The van der Waals surface area contributed by atoms with Crippen molar-refractivity contribution in [2.45, 2.75) is 107 Å². The van der Waals surface area contributed by atoms with Crippen molar-refractivity contribution in [3.8, 4) is 0 Å². The van der Waals surface area contributed by atoms with Crippen molar-refractivity contribution < 1.29 is 0 Å². The Morgan fingerprint density at radius 1 is 0.655 bits per heavy atom. The first kappa shape index (κ1) is 33.5. The summed E-state index contributed by atoms with van der Waals surface area (Å²) in [5, 5.41) is 0. The van der Waals surface area contributed by atoms with Crippen molar-refractivity contribution >= 4 is 0 Å². The Morgan fingerprint density at radius 3 is 1.28 bits per heavy atom. The molecule has 0 spiro atoms. The Hall–Kier alpha value is -0.160. The highest BCUT2D eigenvalue weighted by Gasteiger charge is 2.21. The lowest BCUT2D eigenvalue weighted by molar-refractivity contribution is 0.112. The van der Waals surface area contributed by atoms with E-state index in [1.54, 1.807) is 0 Å². The summed E-state index contributed by atoms with van der Waals surface area (Å²) in [6.45, 7) is 32.2. The third-order valence-corrected chi connectivity index (χ3v) is 5.54. The van der Waals surface area contributed by atoms with Crippen LogP contribution in [0, 0.1) is 0 Å². The highest BCUT2D eigenvalue weighted by Crippen LogP contribution is 2.15. The number of piperidine rings is 1. The van der Waals surface area contributed by atoms with Gasteiger partial charge in [0.1, 0.15) is 0 Å². The van der Waals surface area contributed by atoms with E-state index in [1.165, 1.54) is 58.7 Å². The summed E-state index contributed by atoms with van der Waals surface area (Å²) in [6, 6.07) is 2.28. The Balaban J connectivity index is -0.000000371. The van der Waals surface area contributed by atoms with Gasteiger partial charge in [-0.1, -0.05) is 48.5 Å². The normalized spacial score (nSPS) is 18.6. The molecule has 0 aliphatic carbocycles. The van der Waals surface area contributed by atoms with Gasteiger partial charge in [0.15, 0.2) is 0 Å². The minimum Gasteiger partial charge on any atom is -0.306 e. The topological polar surface area (TPSA) is 13.0 Å². The zero-order valence-electron chi connectivity index (χ0n) is 22.9. The molecule has 29 heavy (non-hydrogen) atoms. The molecule has 2 saturated heterocycles. The van der Waals surface area contributed by atoms with Crippen LogP contribution in [0.4, 0.5) is 0 Å². The second-order valence-corrected chi connectivity index (χ2v) is 7.89. The third-order valence-electron chi connectivity index (χ3n) is 5.54. The predicted molar refractivity (Wildman–Crippen MR) is 136 cm³/mol. The van der Waals surface area contributed by atoms with E-state index < -0.39 is 0 Å². The predicted octanol–water partition coefficient (Wildman–Crippen LogP) is 5.53. The molecule has 2 rings (SSSR count). The molecule has 0 unspecified atom stereocenters. The van der Waals surface area contributed by atoms with E-state index in [9.17, 15) is 0 Å². The van der Waals surface area contributed by atoms with Gasteiger partial charge in [-0.3, -0.25) is 4.90 Å². The molecule has 0 bridgehead atoms. The average molecular weight is 417 g/mol. The SMILES string of the molecule is CC.CC.CC.CC(C)N1CCC(N(C)C)CC1.CCN1CCN(C(C)C)CC1. The summed E-state index contributed by atoms with van der Waals surface area (Å²) >= 11 is 0. The number of rotatable bonds is 4. The number of hydrogen-bond acceptors (Lipinski definition) is 4. The van der Waals surface area contributed by atoms with Gasteiger partial charge in [0.2, 0.25) is 0 Å². The molecule has 0 amide bonds. The van der Waals surface area contributed by atoms with Crippen molar-refractivity contribution in [1.82, 2.24) is 19.6 Å². The average Bonchev–Trinajstić information content (AvgIpc) is 2.78. The molecule has 4 nitrogen and oxygen atoms in total. The first-order valence-corrected chi connectivity index (χ1v) is 12.7. The monoisotopic (exact) mass is 416 g/mol. The largest absolute Gasteiger partial charge is 0.306 e. The standard InChI is InChI=1S/C10H22N2.C9H20N2.3C2H6/c1-9(2)12-7-5-10(6-8-12)11(3)4;1-4-10-5-7-11(8-6-10)9(2)3;3*1-2/h9-10H,5-8H2,1-4H3;9H,4-8H2,1-3H3;3*1-2H3. The minimum absolute atomic E-state index is 0.730. The van der Waals surface area contributed by atoms with Crippen LogP contribution in [0.25, 0.3) is 0 Å². The van der Waals surface area contributed by atoms with Gasteiger partial charge in [0.05, 0.1) is 0 Å². The molecular weight excluding hydrogens is 356 g/mol. The maximum absolute atomic E-state index is 2.57. The van der Waals surface area contributed by atoms with Gasteiger partial charge in [-0.15, -0.1) is 0 Å². The summed E-state index contributed by atoms with van der Waals surface area (Å²) in [7, 11) is 4.38. The number of hydrogen-bond donors (Lipinski definition) is 0. The van der Waals surface area contributed by atoms with Gasteiger partial charge in [-0.05, 0) is 74.3 Å². The summed E-state index contributed by atoms with van der Waals surface area (Å²) in [4.78, 5) is 9.99. The lowest BCUT2D eigenvalue weighted by atomic mass is 10.0. The highest BCUT2D eigenvalue weighted by atomic mass is 15.3. The lowest BCUT2D eigenvalue weighted by Gasteiger charge is -2.37. The fraction of sp³-hybridized carbons (Fsp3) is 1.00. The van der Waals surface area contributed by atoms with Crippen LogP contribution >= 0.6 is 0 Å². The van der Waals surface area contributed by atoms with Crippen LogP contribution in [0.5, 0.6) is 0 Å².